The molecule has 6 heteroatoms. The van der Waals surface area contributed by atoms with E-state index >= 15 is 0 Å². The summed E-state index contributed by atoms with van der Waals surface area (Å²) in [6.07, 6.45) is 1.28. The molecule has 3 rings (SSSR count). The number of carbonyl (C=O) groups is 2. The van der Waals surface area contributed by atoms with Crippen LogP contribution in [0.1, 0.15) is 37.9 Å². The van der Waals surface area contributed by atoms with E-state index in [0.29, 0.717) is 12.0 Å². The van der Waals surface area contributed by atoms with Crippen LogP contribution in [0.25, 0.3) is 0 Å². The summed E-state index contributed by atoms with van der Waals surface area (Å²) >= 11 is 12.0. The van der Waals surface area contributed by atoms with E-state index in [4.69, 9.17) is 27.9 Å². The van der Waals surface area contributed by atoms with Crippen molar-refractivity contribution in [2.24, 2.45) is 5.41 Å². The lowest BCUT2D eigenvalue weighted by Crippen LogP contribution is -2.35. The molecule has 0 heterocycles. The van der Waals surface area contributed by atoms with E-state index in [-0.39, 0.29) is 11.9 Å². The number of benzene rings is 1. The molecule has 0 saturated heterocycles. The van der Waals surface area contributed by atoms with Crippen molar-refractivity contribution in [1.82, 2.24) is 5.32 Å². The van der Waals surface area contributed by atoms with Crippen molar-refractivity contribution in [3.8, 4) is 0 Å². The molecule has 0 spiro atoms. The number of halogens is 2. The first-order valence-electron chi connectivity index (χ1n) is 7.28. The second-order valence-corrected chi connectivity index (χ2v) is 7.68. The average molecular weight is 342 g/mol. The number of alkyl halides is 2. The van der Waals surface area contributed by atoms with Crippen LogP contribution in [-0.4, -0.2) is 22.3 Å². The molecule has 2 fully saturated rings. The topological polar surface area (TPSA) is 55.4 Å². The standard InChI is InChI=1S/C16H17Cl2NO3/c1-15(9-16(15,17)18)14(21)22-12(10-5-3-2-4-6-10)13(20)19-11-7-8-11/h2-6,11-12H,7-9H2,1H3,(H,19,20)/t12-,15+/m0/s1. The second-order valence-electron chi connectivity index (χ2n) is 6.19. The smallest absolute Gasteiger partial charge is 0.316 e. The Labute approximate surface area is 139 Å². The molecule has 118 valence electrons. The lowest BCUT2D eigenvalue weighted by atomic mass is 10.1. The number of carbonyl (C=O) groups excluding carboxylic acids is 2. The summed E-state index contributed by atoms with van der Waals surface area (Å²) < 4.78 is 4.36. The van der Waals surface area contributed by atoms with Crippen molar-refractivity contribution in [2.75, 3.05) is 0 Å². The quantitative estimate of drug-likeness (QED) is 0.661. The molecule has 0 radical (unpaired) electrons. The minimum atomic E-state index is -1.11. The van der Waals surface area contributed by atoms with E-state index in [9.17, 15) is 9.59 Å². The maximum Gasteiger partial charge on any atom is 0.316 e. The third-order valence-electron chi connectivity index (χ3n) is 4.20. The van der Waals surface area contributed by atoms with E-state index in [1.807, 2.05) is 6.07 Å². The fourth-order valence-electron chi connectivity index (χ4n) is 2.26. The van der Waals surface area contributed by atoms with E-state index in [2.05, 4.69) is 5.32 Å². The number of ether oxygens (including phenoxy) is 1. The highest BCUT2D eigenvalue weighted by molar-refractivity contribution is 6.53. The van der Waals surface area contributed by atoms with Crippen molar-refractivity contribution >= 4 is 35.1 Å². The van der Waals surface area contributed by atoms with Crippen molar-refractivity contribution in [3.05, 3.63) is 35.9 Å². The fourth-order valence-corrected chi connectivity index (χ4v) is 2.95. The van der Waals surface area contributed by atoms with Gasteiger partial charge in [-0.15, -0.1) is 23.2 Å². The Balaban J connectivity index is 1.77. The third kappa shape index (κ3) is 2.95. The molecular weight excluding hydrogens is 325 g/mol. The van der Waals surface area contributed by atoms with Gasteiger partial charge in [0.25, 0.3) is 5.91 Å². The summed E-state index contributed by atoms with van der Waals surface area (Å²) in [5, 5.41) is 2.87. The predicted octanol–water partition coefficient (Wildman–Crippen LogP) is 3.13. The van der Waals surface area contributed by atoms with Crippen LogP contribution >= 0.6 is 23.2 Å². The van der Waals surface area contributed by atoms with Crippen molar-refractivity contribution in [1.29, 1.82) is 0 Å². The van der Waals surface area contributed by atoms with Gasteiger partial charge >= 0.3 is 5.97 Å². The largest absolute Gasteiger partial charge is 0.447 e. The van der Waals surface area contributed by atoms with Crippen molar-refractivity contribution in [2.45, 2.75) is 42.7 Å². The molecule has 2 saturated carbocycles. The summed E-state index contributed by atoms with van der Waals surface area (Å²) in [5.41, 5.74) is -0.323. The number of amides is 1. The maximum atomic E-state index is 12.4. The third-order valence-corrected chi connectivity index (χ3v) is 5.30. The Morgan fingerprint density at radius 2 is 1.86 bits per heavy atom. The highest BCUT2D eigenvalue weighted by Gasteiger charge is 2.69. The van der Waals surface area contributed by atoms with E-state index in [1.165, 1.54) is 0 Å². The van der Waals surface area contributed by atoms with Gasteiger partial charge in [0.1, 0.15) is 9.75 Å². The average Bonchev–Trinajstić information content (AvgIpc) is 3.36. The summed E-state index contributed by atoms with van der Waals surface area (Å²) in [6.45, 7) is 1.65. The molecule has 22 heavy (non-hydrogen) atoms. The van der Waals surface area contributed by atoms with Crippen molar-refractivity contribution < 1.29 is 14.3 Å². The number of esters is 1. The van der Waals surface area contributed by atoms with Crippen molar-refractivity contribution in [3.63, 3.8) is 0 Å². The fraction of sp³-hybridized carbons (Fsp3) is 0.500. The molecule has 0 aliphatic heterocycles. The van der Waals surface area contributed by atoms with Gasteiger partial charge in [0, 0.05) is 18.0 Å². The molecule has 0 bridgehead atoms. The van der Waals surface area contributed by atoms with Crippen LogP contribution in [0.4, 0.5) is 0 Å². The van der Waals surface area contributed by atoms with Gasteiger partial charge in [-0.25, -0.2) is 0 Å². The molecule has 0 unspecified atom stereocenters. The molecule has 1 aromatic rings. The first-order valence-corrected chi connectivity index (χ1v) is 8.03. The molecule has 4 nitrogen and oxygen atoms in total. The maximum absolute atomic E-state index is 12.4. The van der Waals surface area contributed by atoms with Gasteiger partial charge in [-0.3, -0.25) is 9.59 Å². The van der Waals surface area contributed by atoms with Crippen LogP contribution in [0, 0.1) is 5.41 Å². The Hall–Kier alpha value is -1.26. The summed E-state index contributed by atoms with van der Waals surface area (Å²) in [6, 6.07) is 9.14. The second kappa shape index (κ2) is 5.43. The lowest BCUT2D eigenvalue weighted by molar-refractivity contribution is -0.161. The molecule has 2 atom stereocenters. The van der Waals surface area contributed by atoms with Crippen LogP contribution in [0.15, 0.2) is 30.3 Å². The first kappa shape index (κ1) is 15.6. The number of hydrogen-bond acceptors (Lipinski definition) is 3. The Morgan fingerprint density at radius 1 is 1.27 bits per heavy atom. The van der Waals surface area contributed by atoms with Gasteiger partial charge in [-0.2, -0.15) is 0 Å². The highest BCUT2D eigenvalue weighted by atomic mass is 35.5. The SMILES string of the molecule is C[C@]1(C(=O)O[C@H](C(=O)NC2CC2)c2ccccc2)CC1(Cl)Cl. The monoisotopic (exact) mass is 341 g/mol. The zero-order valence-corrected chi connectivity index (χ0v) is 13.7. The summed E-state index contributed by atoms with van der Waals surface area (Å²) in [7, 11) is 0. The summed E-state index contributed by atoms with van der Waals surface area (Å²) in [5.74, 6) is -0.849. The Bertz CT molecular complexity index is 601. The van der Waals surface area contributed by atoms with Crippen LogP contribution in [-0.2, 0) is 14.3 Å². The van der Waals surface area contributed by atoms with Gasteiger partial charge in [0.2, 0.25) is 6.10 Å². The normalized spacial score (nSPS) is 26.9. The minimum Gasteiger partial charge on any atom is -0.447 e. The predicted molar refractivity (Wildman–Crippen MR) is 83.6 cm³/mol. The van der Waals surface area contributed by atoms with Crippen LogP contribution in [0.5, 0.6) is 0 Å². The van der Waals surface area contributed by atoms with Gasteiger partial charge in [-0.05, 0) is 19.8 Å². The van der Waals surface area contributed by atoms with E-state index < -0.39 is 21.8 Å². The van der Waals surface area contributed by atoms with Gasteiger partial charge in [0.05, 0.1) is 0 Å². The molecule has 0 aromatic heterocycles. The Morgan fingerprint density at radius 3 is 2.36 bits per heavy atom. The van der Waals surface area contributed by atoms with E-state index in [1.54, 1.807) is 31.2 Å². The Kier molecular flexibility index (Phi) is 3.86. The van der Waals surface area contributed by atoms with Gasteiger partial charge in [-0.1, -0.05) is 30.3 Å². The van der Waals surface area contributed by atoms with Gasteiger partial charge < -0.3 is 10.1 Å². The molecule has 1 amide bonds. The zero-order chi connectivity index (χ0) is 16.0. The number of hydrogen-bond donors (Lipinski definition) is 1. The van der Waals surface area contributed by atoms with E-state index in [0.717, 1.165) is 12.8 Å². The molecule has 2 aliphatic carbocycles. The number of nitrogens with one attached hydrogen (secondary N) is 1. The molecule has 2 aliphatic rings. The van der Waals surface area contributed by atoms with Crippen LogP contribution in [0.2, 0.25) is 0 Å². The van der Waals surface area contributed by atoms with Crippen LogP contribution in [0.3, 0.4) is 0 Å². The highest BCUT2D eigenvalue weighted by Crippen LogP contribution is 2.64. The first-order chi connectivity index (χ1) is 10.3. The molecule has 1 aromatic carbocycles. The molecule has 1 N–H and O–H groups in total. The number of rotatable bonds is 5. The minimum absolute atomic E-state index is 0.189. The van der Waals surface area contributed by atoms with Gasteiger partial charge in [0.15, 0.2) is 0 Å². The lowest BCUT2D eigenvalue weighted by Gasteiger charge is -2.20. The zero-order valence-electron chi connectivity index (χ0n) is 12.1. The van der Waals surface area contributed by atoms with Crippen LogP contribution < -0.4 is 5.32 Å². The molecular formula is C16H17Cl2NO3. The summed E-state index contributed by atoms with van der Waals surface area (Å²) in [4.78, 5) is 24.7.